The lowest BCUT2D eigenvalue weighted by Gasteiger charge is -2.32. The number of hydrogen-bond acceptors (Lipinski definition) is 4. The zero-order valence-electron chi connectivity index (χ0n) is 22.1. The number of amides is 1. The highest BCUT2D eigenvalue weighted by molar-refractivity contribution is 6.62. The van der Waals surface area contributed by atoms with Crippen molar-refractivity contribution < 1.29 is 22.9 Å². The van der Waals surface area contributed by atoms with Gasteiger partial charge in [0.15, 0.2) is 5.43 Å². The van der Waals surface area contributed by atoms with E-state index >= 15 is 4.39 Å². The number of nitrogens with zero attached hydrogens (tertiary/aromatic N) is 2. The van der Waals surface area contributed by atoms with E-state index in [0.717, 1.165) is 6.07 Å². The largest absolute Gasteiger partial charge is 0.497 e. The smallest absolute Gasteiger partial charge is 0.399 e. The third-order valence-corrected chi connectivity index (χ3v) is 7.01. The molecule has 0 bridgehead atoms. The van der Waals surface area contributed by atoms with Crippen LogP contribution in [0.2, 0.25) is 0 Å². The van der Waals surface area contributed by atoms with Gasteiger partial charge in [0.25, 0.3) is 5.91 Å². The van der Waals surface area contributed by atoms with Gasteiger partial charge in [0.1, 0.15) is 17.2 Å². The summed E-state index contributed by atoms with van der Waals surface area (Å²) in [5, 5.41) is 2.57. The summed E-state index contributed by atoms with van der Waals surface area (Å²) < 4.78 is 42.0. The average molecular weight is 519 g/mol. The summed E-state index contributed by atoms with van der Waals surface area (Å²) >= 11 is 0. The number of nitrogens with one attached hydrogen (secondary N) is 1. The molecule has 1 aliphatic rings. The molecule has 0 atom stereocenters. The number of halogens is 2. The third-order valence-electron chi connectivity index (χ3n) is 7.01. The number of hydrogen-bond donors (Lipinski definition) is 1. The first-order chi connectivity index (χ1) is 17.8. The molecule has 0 saturated carbocycles. The maximum absolute atomic E-state index is 15.1. The molecule has 0 aliphatic carbocycles. The summed E-state index contributed by atoms with van der Waals surface area (Å²) in [7, 11) is -0.914. The molecule has 1 saturated heterocycles. The number of carbonyl (C=O) groups excluding carboxylic acids is 1. The van der Waals surface area contributed by atoms with E-state index in [0.29, 0.717) is 5.56 Å². The van der Waals surface area contributed by atoms with Crippen molar-refractivity contribution in [3.63, 3.8) is 0 Å². The first-order valence-corrected chi connectivity index (χ1v) is 12.1. The Morgan fingerprint density at radius 1 is 1.05 bits per heavy atom. The number of anilines is 1. The Morgan fingerprint density at radius 2 is 1.66 bits per heavy atom. The molecule has 3 aromatic rings. The van der Waals surface area contributed by atoms with Gasteiger partial charge in [-0.25, -0.2) is 8.78 Å². The van der Waals surface area contributed by atoms with Crippen molar-refractivity contribution in [2.24, 2.45) is 0 Å². The maximum atomic E-state index is 15.1. The standard InChI is InChI=1S/C28H28BF2N3O4/c1-16(2)34-15-20(24(35)23(25(34)32-7)17-8-10-18(30)11-9-17)26(36)33-19-12-13-21(22(31)14-19)29-37-27(3,4)28(5,6)38-29/h8-16H,1-6H3,(H,33,36). The summed E-state index contributed by atoms with van der Waals surface area (Å²) in [4.78, 5) is 30.2. The number of carbonyl (C=O) groups is 1. The topological polar surface area (TPSA) is 73.9 Å². The van der Waals surface area contributed by atoms with Crippen LogP contribution in [0.5, 0.6) is 0 Å². The van der Waals surface area contributed by atoms with E-state index in [1.807, 2.05) is 27.7 Å². The van der Waals surface area contributed by atoms with Crippen LogP contribution < -0.4 is 16.2 Å². The minimum atomic E-state index is -0.914. The van der Waals surface area contributed by atoms with Crippen molar-refractivity contribution >= 4 is 30.0 Å². The Morgan fingerprint density at radius 3 is 2.18 bits per heavy atom. The van der Waals surface area contributed by atoms with Gasteiger partial charge in [-0.15, -0.1) is 0 Å². The van der Waals surface area contributed by atoms with Crippen LogP contribution in [-0.2, 0) is 9.31 Å². The van der Waals surface area contributed by atoms with Crippen molar-refractivity contribution in [2.75, 3.05) is 5.32 Å². The zero-order chi connectivity index (χ0) is 28.0. The monoisotopic (exact) mass is 519 g/mol. The van der Waals surface area contributed by atoms with E-state index in [2.05, 4.69) is 10.2 Å². The molecule has 0 spiro atoms. The number of pyridine rings is 1. The molecule has 7 nitrogen and oxygen atoms in total. The lowest BCUT2D eigenvalue weighted by molar-refractivity contribution is 0.00578. The molecule has 1 N–H and O–H groups in total. The fourth-order valence-electron chi connectivity index (χ4n) is 4.13. The van der Waals surface area contributed by atoms with E-state index < -0.39 is 41.3 Å². The highest BCUT2D eigenvalue weighted by Gasteiger charge is 2.52. The molecule has 2 heterocycles. The normalized spacial score (nSPS) is 15.9. The molecule has 1 aliphatic heterocycles. The zero-order valence-corrected chi connectivity index (χ0v) is 22.1. The van der Waals surface area contributed by atoms with Crippen LogP contribution >= 0.6 is 0 Å². The second-order valence-corrected chi connectivity index (χ2v) is 10.5. The maximum Gasteiger partial charge on any atom is 0.497 e. The lowest BCUT2D eigenvalue weighted by Crippen LogP contribution is -2.41. The predicted molar refractivity (Wildman–Crippen MR) is 143 cm³/mol. The highest BCUT2D eigenvalue weighted by atomic mass is 19.1. The molecule has 0 radical (unpaired) electrons. The quantitative estimate of drug-likeness (QED) is 0.358. The molecule has 38 heavy (non-hydrogen) atoms. The Hall–Kier alpha value is -3.81. The van der Waals surface area contributed by atoms with Crippen LogP contribution in [0.15, 0.2) is 53.5 Å². The first-order valence-electron chi connectivity index (χ1n) is 12.1. The lowest BCUT2D eigenvalue weighted by atomic mass is 9.78. The van der Waals surface area contributed by atoms with Crippen LogP contribution in [-0.4, -0.2) is 28.8 Å². The fourth-order valence-corrected chi connectivity index (χ4v) is 4.13. The second-order valence-electron chi connectivity index (χ2n) is 10.5. The van der Waals surface area contributed by atoms with Gasteiger partial charge in [0, 0.05) is 11.2 Å². The van der Waals surface area contributed by atoms with Gasteiger partial charge in [-0.2, -0.15) is 0 Å². The van der Waals surface area contributed by atoms with Gasteiger partial charge < -0.3 is 19.5 Å². The van der Waals surface area contributed by atoms with E-state index in [1.165, 1.54) is 47.2 Å². The summed E-state index contributed by atoms with van der Waals surface area (Å²) in [5.41, 5.74) is -1.61. The van der Waals surface area contributed by atoms with Crippen molar-refractivity contribution in [3.8, 4) is 11.1 Å². The van der Waals surface area contributed by atoms with Crippen LogP contribution in [0.1, 0.15) is 57.9 Å². The summed E-state index contributed by atoms with van der Waals surface area (Å²) in [6, 6.07) is 8.96. The van der Waals surface area contributed by atoms with E-state index in [1.54, 1.807) is 13.8 Å². The van der Waals surface area contributed by atoms with Crippen molar-refractivity contribution in [1.82, 2.24) is 4.57 Å². The predicted octanol–water partition coefficient (Wildman–Crippen LogP) is 5.48. The van der Waals surface area contributed by atoms with Crippen LogP contribution in [0.4, 0.5) is 20.3 Å². The number of aromatic nitrogens is 1. The Balaban J connectivity index is 1.70. The Labute approximate surface area is 220 Å². The minimum absolute atomic E-state index is 0.0105. The van der Waals surface area contributed by atoms with E-state index in [-0.39, 0.29) is 34.1 Å². The molecule has 0 unspecified atom stereocenters. The van der Waals surface area contributed by atoms with Crippen molar-refractivity contribution in [3.05, 3.63) is 87.5 Å². The van der Waals surface area contributed by atoms with Gasteiger partial charge in [-0.1, -0.05) is 24.8 Å². The minimum Gasteiger partial charge on any atom is -0.399 e. The fraction of sp³-hybridized carbons (Fsp3) is 0.321. The van der Waals surface area contributed by atoms with E-state index in [9.17, 15) is 14.0 Å². The van der Waals surface area contributed by atoms with Crippen molar-refractivity contribution in [2.45, 2.75) is 58.8 Å². The van der Waals surface area contributed by atoms with Crippen LogP contribution in [0.3, 0.4) is 0 Å². The van der Waals surface area contributed by atoms with Gasteiger partial charge in [-0.05, 0) is 71.4 Å². The van der Waals surface area contributed by atoms with Gasteiger partial charge in [0.2, 0.25) is 5.82 Å². The van der Waals surface area contributed by atoms with Gasteiger partial charge >= 0.3 is 7.12 Å². The average Bonchev–Trinajstić information content (AvgIpc) is 3.05. The molecule has 10 heteroatoms. The highest BCUT2D eigenvalue weighted by Crippen LogP contribution is 2.37. The molecular weight excluding hydrogens is 491 g/mol. The molecular formula is C28H28BF2N3O4. The molecule has 2 aromatic carbocycles. The van der Waals surface area contributed by atoms with E-state index in [4.69, 9.17) is 15.9 Å². The van der Waals surface area contributed by atoms with Crippen LogP contribution in [0, 0.1) is 18.2 Å². The van der Waals surface area contributed by atoms with Gasteiger partial charge in [0.05, 0.1) is 29.0 Å². The first kappa shape index (κ1) is 27.2. The number of benzene rings is 2. The SMILES string of the molecule is [C-]#[N+]c1c(-c2ccc(F)cc2)c(=O)c(C(=O)Nc2ccc(B3OC(C)(C)C(C)(C)O3)c(F)c2)cn1C(C)C. The summed E-state index contributed by atoms with van der Waals surface area (Å²) in [5.74, 6) is -1.88. The molecule has 4 rings (SSSR count). The van der Waals surface area contributed by atoms with Crippen LogP contribution in [0.25, 0.3) is 16.0 Å². The van der Waals surface area contributed by atoms with Gasteiger partial charge in [-0.3, -0.25) is 14.2 Å². The Bertz CT molecular complexity index is 1490. The third kappa shape index (κ3) is 4.87. The molecule has 1 fully saturated rings. The molecule has 1 amide bonds. The Kier molecular flexibility index (Phi) is 7.04. The summed E-state index contributed by atoms with van der Waals surface area (Å²) in [6.07, 6.45) is 1.32. The molecule has 1 aromatic heterocycles. The second kappa shape index (κ2) is 9.82. The summed E-state index contributed by atoms with van der Waals surface area (Å²) in [6.45, 7) is 18.7. The molecule has 196 valence electrons. The van der Waals surface area contributed by atoms with Crippen molar-refractivity contribution in [1.29, 1.82) is 0 Å². The number of rotatable bonds is 5.